The molecule has 5 rings (SSSR count). The number of nitrogens with zero attached hydrogens (tertiary/aromatic N) is 3. The van der Waals surface area contributed by atoms with Crippen molar-refractivity contribution in [3.05, 3.63) is 65.5 Å². The van der Waals surface area contributed by atoms with E-state index >= 15 is 0 Å². The molecule has 1 aromatic carbocycles. The molecule has 2 aliphatic rings. The van der Waals surface area contributed by atoms with Crippen molar-refractivity contribution in [2.24, 2.45) is 0 Å². The van der Waals surface area contributed by atoms with Crippen molar-refractivity contribution < 1.29 is 4.79 Å². The summed E-state index contributed by atoms with van der Waals surface area (Å²) in [7, 11) is 2.19. The molecule has 2 aromatic heterocycles. The molecule has 4 heterocycles. The molecule has 0 atom stereocenters. The van der Waals surface area contributed by atoms with Gasteiger partial charge in [0.05, 0.1) is 12.1 Å². The lowest BCUT2D eigenvalue weighted by atomic mass is 9.98. The van der Waals surface area contributed by atoms with Gasteiger partial charge >= 0.3 is 0 Å². The van der Waals surface area contributed by atoms with Crippen LogP contribution in [0.5, 0.6) is 0 Å². The largest absolute Gasteiger partial charge is 0.323 e. The summed E-state index contributed by atoms with van der Waals surface area (Å²) in [6, 6.07) is 13.1. The van der Waals surface area contributed by atoms with Crippen LogP contribution in [-0.4, -0.2) is 59.8 Å². The fraction of sp³-hybridized carbons (Fsp3) is 0.348. The van der Waals surface area contributed by atoms with Gasteiger partial charge < -0.3 is 14.6 Å². The van der Waals surface area contributed by atoms with Gasteiger partial charge in [0.15, 0.2) is 5.78 Å². The normalized spacial score (nSPS) is 18.5. The second-order valence-electron chi connectivity index (χ2n) is 8.00. The van der Waals surface area contributed by atoms with Crippen LogP contribution in [0.1, 0.15) is 21.5 Å². The lowest BCUT2D eigenvalue weighted by molar-refractivity contribution is 0.0994. The number of likely N-dealkylation sites (N-methyl/N-ethyl adjacent to an activating group) is 1. The first-order chi connectivity index (χ1) is 13.7. The zero-order valence-electron chi connectivity index (χ0n) is 16.3. The number of piperazine rings is 1. The molecule has 0 radical (unpaired) electrons. The first-order valence-electron chi connectivity index (χ1n) is 10.1. The summed E-state index contributed by atoms with van der Waals surface area (Å²) >= 11 is 0. The molecule has 3 aromatic rings. The van der Waals surface area contributed by atoms with Crippen LogP contribution in [0.2, 0.25) is 0 Å². The first-order valence-corrected chi connectivity index (χ1v) is 10.1. The van der Waals surface area contributed by atoms with E-state index in [2.05, 4.69) is 63.1 Å². The molecule has 1 saturated heterocycles. The lowest BCUT2D eigenvalue weighted by Gasteiger charge is -2.32. The third kappa shape index (κ3) is 3.15. The Morgan fingerprint density at radius 1 is 0.893 bits per heavy atom. The van der Waals surface area contributed by atoms with Gasteiger partial charge in [-0.25, -0.2) is 0 Å². The third-order valence-electron chi connectivity index (χ3n) is 6.08. The molecule has 0 amide bonds. The Morgan fingerprint density at radius 2 is 1.61 bits per heavy atom. The summed E-state index contributed by atoms with van der Waals surface area (Å²) in [6.45, 7) is 6.69. The number of nitrogens with one attached hydrogen (secondary N) is 1. The monoisotopic (exact) mass is 374 g/mol. The molecule has 144 valence electrons. The molecule has 5 heteroatoms. The van der Waals surface area contributed by atoms with Crippen molar-refractivity contribution in [2.45, 2.75) is 13.1 Å². The summed E-state index contributed by atoms with van der Waals surface area (Å²) in [5.41, 5.74) is 6.86. The molecule has 1 fully saturated rings. The Bertz CT molecular complexity index is 1010. The minimum absolute atomic E-state index is 0.168. The van der Waals surface area contributed by atoms with Crippen LogP contribution in [0.3, 0.4) is 0 Å². The van der Waals surface area contributed by atoms with E-state index in [0.29, 0.717) is 13.1 Å². The van der Waals surface area contributed by atoms with E-state index in [-0.39, 0.29) is 5.78 Å². The molecule has 2 aliphatic heterocycles. The van der Waals surface area contributed by atoms with Gasteiger partial charge in [-0.2, -0.15) is 0 Å². The van der Waals surface area contributed by atoms with Gasteiger partial charge in [-0.1, -0.05) is 24.3 Å². The van der Waals surface area contributed by atoms with Crippen LogP contribution < -0.4 is 5.32 Å². The van der Waals surface area contributed by atoms with Gasteiger partial charge in [0.25, 0.3) is 0 Å². The quantitative estimate of drug-likeness (QED) is 0.765. The van der Waals surface area contributed by atoms with Crippen molar-refractivity contribution in [3.8, 4) is 11.1 Å². The standard InChI is InChI=1S/C23H26N4O/c1-25-10-12-26(13-11-25)16-17-2-4-18(5-3-17)19-6-8-27-9-7-20-22(28)15-24-14-21(19)23(20)27/h2-9,24H,10-16H2,1H3. The highest BCUT2D eigenvalue weighted by Gasteiger charge is 2.21. The van der Waals surface area contributed by atoms with E-state index in [1.54, 1.807) is 0 Å². The van der Waals surface area contributed by atoms with Crippen molar-refractivity contribution in [3.63, 3.8) is 0 Å². The van der Waals surface area contributed by atoms with Crippen molar-refractivity contribution >= 4 is 11.3 Å². The van der Waals surface area contributed by atoms with Gasteiger partial charge in [0.2, 0.25) is 0 Å². The highest BCUT2D eigenvalue weighted by molar-refractivity contribution is 6.06. The summed E-state index contributed by atoms with van der Waals surface area (Å²) in [6.07, 6.45) is 4.05. The maximum atomic E-state index is 12.4. The zero-order valence-corrected chi connectivity index (χ0v) is 16.3. The minimum atomic E-state index is 0.168. The van der Waals surface area contributed by atoms with Crippen molar-refractivity contribution in [1.29, 1.82) is 0 Å². The second-order valence-corrected chi connectivity index (χ2v) is 8.00. The van der Waals surface area contributed by atoms with E-state index < -0.39 is 0 Å². The predicted molar refractivity (Wildman–Crippen MR) is 112 cm³/mol. The number of pyridine rings is 1. The van der Waals surface area contributed by atoms with E-state index in [9.17, 15) is 4.79 Å². The maximum Gasteiger partial charge on any atom is 0.178 e. The molecule has 28 heavy (non-hydrogen) atoms. The van der Waals surface area contributed by atoms with Crippen LogP contribution in [0.15, 0.2) is 48.8 Å². The maximum absolute atomic E-state index is 12.4. The topological polar surface area (TPSA) is 40.0 Å². The molecule has 0 saturated carbocycles. The fourth-order valence-corrected chi connectivity index (χ4v) is 4.40. The lowest BCUT2D eigenvalue weighted by Crippen LogP contribution is -2.43. The van der Waals surface area contributed by atoms with Gasteiger partial charge in [-0.05, 0) is 41.4 Å². The number of ketones is 1. The SMILES string of the molecule is CN1CCN(Cc2ccc(-c3ccn4ccc5c4c3CNCC5=O)cc2)CC1. The average molecular weight is 374 g/mol. The number of hydrogen-bond donors (Lipinski definition) is 1. The van der Waals surface area contributed by atoms with Gasteiger partial charge in [-0.3, -0.25) is 9.69 Å². The van der Waals surface area contributed by atoms with Crippen LogP contribution in [-0.2, 0) is 13.1 Å². The summed E-state index contributed by atoms with van der Waals surface area (Å²) < 4.78 is 2.07. The molecule has 1 N–H and O–H groups in total. The number of Topliss-reactive ketones (excluding diaryl/α,β-unsaturated/α-hetero) is 1. The Balaban J connectivity index is 1.44. The van der Waals surface area contributed by atoms with Gasteiger partial charge in [0, 0.05) is 57.2 Å². The highest BCUT2D eigenvalue weighted by atomic mass is 16.1. The number of carbonyl (C=O) groups is 1. The van der Waals surface area contributed by atoms with Crippen LogP contribution in [0.4, 0.5) is 0 Å². The Hall–Kier alpha value is -2.47. The van der Waals surface area contributed by atoms with Crippen LogP contribution in [0, 0.1) is 0 Å². The number of benzene rings is 1. The summed E-state index contributed by atoms with van der Waals surface area (Å²) in [5, 5.41) is 3.30. The molecule has 0 unspecified atom stereocenters. The molecule has 0 spiro atoms. The predicted octanol–water partition coefficient (Wildman–Crippen LogP) is 2.64. The molecule has 0 bridgehead atoms. The van der Waals surface area contributed by atoms with E-state index in [4.69, 9.17) is 0 Å². The molecule has 0 aliphatic carbocycles. The highest BCUT2D eigenvalue weighted by Crippen LogP contribution is 2.31. The third-order valence-corrected chi connectivity index (χ3v) is 6.08. The average Bonchev–Trinajstić information content (AvgIpc) is 3.07. The van der Waals surface area contributed by atoms with Gasteiger partial charge in [-0.15, -0.1) is 0 Å². The Kier molecular flexibility index (Phi) is 4.51. The van der Waals surface area contributed by atoms with Crippen molar-refractivity contribution in [1.82, 2.24) is 19.5 Å². The van der Waals surface area contributed by atoms with Crippen LogP contribution in [0.25, 0.3) is 16.6 Å². The van der Waals surface area contributed by atoms with E-state index in [1.807, 2.05) is 12.3 Å². The first kappa shape index (κ1) is 17.6. The minimum Gasteiger partial charge on any atom is -0.323 e. The molecule has 5 nitrogen and oxygen atoms in total. The number of rotatable bonds is 3. The van der Waals surface area contributed by atoms with E-state index in [0.717, 1.165) is 43.8 Å². The number of hydrogen-bond acceptors (Lipinski definition) is 4. The fourth-order valence-electron chi connectivity index (χ4n) is 4.40. The molecular formula is C23H26N4O. The molecular weight excluding hydrogens is 348 g/mol. The van der Waals surface area contributed by atoms with Crippen LogP contribution >= 0.6 is 0 Å². The smallest absolute Gasteiger partial charge is 0.178 e. The van der Waals surface area contributed by atoms with Gasteiger partial charge in [0.1, 0.15) is 0 Å². The zero-order chi connectivity index (χ0) is 19.1. The van der Waals surface area contributed by atoms with E-state index in [1.165, 1.54) is 22.3 Å². The Morgan fingerprint density at radius 3 is 2.36 bits per heavy atom. The summed E-state index contributed by atoms with van der Waals surface area (Å²) in [4.78, 5) is 17.3. The Labute approximate surface area is 165 Å². The van der Waals surface area contributed by atoms with Crippen molar-refractivity contribution in [2.75, 3.05) is 39.8 Å². The summed E-state index contributed by atoms with van der Waals surface area (Å²) in [5.74, 6) is 0.168. The second kappa shape index (κ2) is 7.17. The number of aromatic nitrogens is 1. The number of carbonyl (C=O) groups excluding carboxylic acids is 1.